The molecule has 0 radical (unpaired) electrons. The quantitative estimate of drug-likeness (QED) is 0.910. The Balaban J connectivity index is 1.64. The van der Waals surface area contributed by atoms with E-state index in [0.29, 0.717) is 22.5 Å². The lowest BCUT2D eigenvalue weighted by Gasteiger charge is -2.03. The average molecular weight is 315 g/mol. The van der Waals surface area contributed by atoms with Gasteiger partial charge in [-0.3, -0.25) is 9.59 Å². The molecule has 2 heterocycles. The van der Waals surface area contributed by atoms with Gasteiger partial charge in [0.2, 0.25) is 0 Å². The summed E-state index contributed by atoms with van der Waals surface area (Å²) in [7, 11) is 0. The van der Waals surface area contributed by atoms with Gasteiger partial charge in [-0.1, -0.05) is 0 Å². The zero-order valence-corrected chi connectivity index (χ0v) is 13.1. The standard InChI is InChI=1S/C16H17N3O2S/c1-8-12-6-9(14(20)18-10-2-3-10)7-17-16(12)22-13(8)15(21)19-11-4-5-11/h6-7,10-11H,2-5H2,1H3,(H,18,20)(H,19,21). The Hall–Kier alpha value is -1.95. The van der Waals surface area contributed by atoms with E-state index in [-0.39, 0.29) is 11.8 Å². The van der Waals surface area contributed by atoms with Gasteiger partial charge in [-0.15, -0.1) is 11.3 Å². The van der Waals surface area contributed by atoms with Crippen LogP contribution in [0.3, 0.4) is 0 Å². The molecule has 2 saturated carbocycles. The minimum Gasteiger partial charge on any atom is -0.349 e. The van der Waals surface area contributed by atoms with Crippen molar-refractivity contribution < 1.29 is 9.59 Å². The average Bonchev–Trinajstić information content (AvgIpc) is 3.41. The predicted molar refractivity (Wildman–Crippen MR) is 85.3 cm³/mol. The Kier molecular flexibility index (Phi) is 3.14. The van der Waals surface area contributed by atoms with Gasteiger partial charge in [0.05, 0.1) is 10.4 Å². The highest BCUT2D eigenvalue weighted by Crippen LogP contribution is 2.31. The van der Waals surface area contributed by atoms with Gasteiger partial charge in [0.1, 0.15) is 4.83 Å². The number of hydrogen-bond donors (Lipinski definition) is 2. The fraction of sp³-hybridized carbons (Fsp3) is 0.438. The number of thiophene rings is 1. The van der Waals surface area contributed by atoms with Crippen LogP contribution in [0.1, 0.15) is 51.3 Å². The van der Waals surface area contributed by atoms with Crippen LogP contribution in [-0.4, -0.2) is 28.9 Å². The zero-order valence-electron chi connectivity index (χ0n) is 12.3. The van der Waals surface area contributed by atoms with E-state index in [2.05, 4.69) is 15.6 Å². The van der Waals surface area contributed by atoms with Crippen LogP contribution in [0.4, 0.5) is 0 Å². The number of hydrogen-bond acceptors (Lipinski definition) is 4. The van der Waals surface area contributed by atoms with E-state index in [9.17, 15) is 9.59 Å². The number of aryl methyl sites for hydroxylation is 1. The lowest BCUT2D eigenvalue weighted by atomic mass is 10.1. The van der Waals surface area contributed by atoms with Crippen LogP contribution in [0.5, 0.6) is 0 Å². The zero-order chi connectivity index (χ0) is 15.3. The fourth-order valence-electron chi connectivity index (χ4n) is 2.41. The molecular formula is C16H17N3O2S. The molecule has 5 nitrogen and oxygen atoms in total. The second kappa shape index (κ2) is 5.05. The van der Waals surface area contributed by atoms with Crippen molar-refractivity contribution >= 4 is 33.4 Å². The van der Waals surface area contributed by atoms with Crippen molar-refractivity contribution in [2.45, 2.75) is 44.7 Å². The van der Waals surface area contributed by atoms with Gasteiger partial charge in [0, 0.05) is 23.7 Å². The van der Waals surface area contributed by atoms with Crippen LogP contribution in [0.2, 0.25) is 0 Å². The molecule has 2 amide bonds. The van der Waals surface area contributed by atoms with Crippen molar-refractivity contribution in [2.24, 2.45) is 0 Å². The number of carbonyl (C=O) groups is 2. The molecule has 2 aliphatic carbocycles. The molecule has 0 unspecified atom stereocenters. The summed E-state index contributed by atoms with van der Waals surface area (Å²) in [5.41, 5.74) is 1.47. The molecule has 2 aromatic rings. The molecular weight excluding hydrogens is 298 g/mol. The lowest BCUT2D eigenvalue weighted by molar-refractivity contribution is 0.0944. The maximum absolute atomic E-state index is 12.3. The third-order valence-electron chi connectivity index (χ3n) is 4.09. The van der Waals surface area contributed by atoms with Gasteiger partial charge in [-0.05, 0) is 44.2 Å². The third kappa shape index (κ3) is 2.59. The molecule has 0 aliphatic heterocycles. The first-order chi connectivity index (χ1) is 10.6. The third-order valence-corrected chi connectivity index (χ3v) is 5.30. The van der Waals surface area contributed by atoms with Gasteiger partial charge in [0.15, 0.2) is 0 Å². The van der Waals surface area contributed by atoms with Gasteiger partial charge >= 0.3 is 0 Å². The summed E-state index contributed by atoms with van der Waals surface area (Å²) in [6, 6.07) is 2.51. The lowest BCUT2D eigenvalue weighted by Crippen LogP contribution is -2.25. The van der Waals surface area contributed by atoms with Crippen molar-refractivity contribution in [2.75, 3.05) is 0 Å². The van der Waals surface area contributed by atoms with Crippen LogP contribution in [0, 0.1) is 6.92 Å². The highest BCUT2D eigenvalue weighted by Gasteiger charge is 2.27. The molecule has 0 spiro atoms. The van der Waals surface area contributed by atoms with E-state index in [0.717, 1.165) is 41.5 Å². The summed E-state index contributed by atoms with van der Waals surface area (Å²) in [6.45, 7) is 1.92. The second-order valence-corrected chi connectivity index (χ2v) is 7.13. The van der Waals surface area contributed by atoms with Crippen molar-refractivity contribution in [3.8, 4) is 0 Å². The molecule has 114 valence electrons. The normalized spacial score (nSPS) is 17.5. The smallest absolute Gasteiger partial charge is 0.261 e. The largest absolute Gasteiger partial charge is 0.349 e. The van der Waals surface area contributed by atoms with Crippen LogP contribution < -0.4 is 10.6 Å². The molecule has 0 atom stereocenters. The molecule has 4 rings (SSSR count). The number of amides is 2. The van der Waals surface area contributed by atoms with Gasteiger partial charge < -0.3 is 10.6 Å². The van der Waals surface area contributed by atoms with Crippen molar-refractivity contribution in [1.82, 2.24) is 15.6 Å². The van der Waals surface area contributed by atoms with E-state index in [1.54, 1.807) is 6.20 Å². The molecule has 6 heteroatoms. The Bertz CT molecular complexity index is 775. The van der Waals surface area contributed by atoms with Crippen molar-refractivity contribution in [1.29, 1.82) is 0 Å². The summed E-state index contributed by atoms with van der Waals surface area (Å²) in [4.78, 5) is 30.2. The Morgan fingerprint density at radius 2 is 1.77 bits per heavy atom. The Morgan fingerprint density at radius 1 is 1.14 bits per heavy atom. The molecule has 0 bridgehead atoms. The first-order valence-electron chi connectivity index (χ1n) is 7.62. The first-order valence-corrected chi connectivity index (χ1v) is 8.44. The van der Waals surface area contributed by atoms with Gasteiger partial charge in [-0.25, -0.2) is 4.98 Å². The highest BCUT2D eigenvalue weighted by molar-refractivity contribution is 7.20. The monoisotopic (exact) mass is 315 g/mol. The summed E-state index contributed by atoms with van der Waals surface area (Å²) in [5.74, 6) is -0.0986. The van der Waals surface area contributed by atoms with Crippen molar-refractivity contribution in [3.05, 3.63) is 28.3 Å². The number of nitrogens with one attached hydrogen (secondary N) is 2. The predicted octanol–water partition coefficient (Wildman–Crippen LogP) is 2.39. The number of rotatable bonds is 4. The fourth-order valence-corrected chi connectivity index (χ4v) is 3.45. The number of aromatic nitrogens is 1. The van der Waals surface area contributed by atoms with Crippen LogP contribution in [-0.2, 0) is 0 Å². The van der Waals surface area contributed by atoms with E-state index in [4.69, 9.17) is 0 Å². The molecule has 0 aromatic carbocycles. The summed E-state index contributed by atoms with van der Waals surface area (Å²) >= 11 is 1.39. The first kappa shape index (κ1) is 13.7. The second-order valence-electron chi connectivity index (χ2n) is 6.13. The minimum atomic E-state index is -0.0773. The van der Waals surface area contributed by atoms with Gasteiger partial charge in [0.25, 0.3) is 11.8 Å². The van der Waals surface area contributed by atoms with Gasteiger partial charge in [-0.2, -0.15) is 0 Å². The Labute approximate surface area is 132 Å². The maximum atomic E-state index is 12.3. The molecule has 0 saturated heterocycles. The summed E-state index contributed by atoms with van der Waals surface area (Å²) in [6.07, 6.45) is 5.85. The number of nitrogens with zero attached hydrogens (tertiary/aromatic N) is 1. The molecule has 2 N–H and O–H groups in total. The topological polar surface area (TPSA) is 71.1 Å². The number of fused-ring (bicyclic) bond motifs is 1. The van der Waals surface area contributed by atoms with E-state index >= 15 is 0 Å². The highest BCUT2D eigenvalue weighted by atomic mass is 32.1. The summed E-state index contributed by atoms with van der Waals surface area (Å²) < 4.78 is 0. The molecule has 22 heavy (non-hydrogen) atoms. The Morgan fingerprint density at radius 3 is 2.41 bits per heavy atom. The van der Waals surface area contributed by atoms with Crippen LogP contribution in [0.25, 0.3) is 10.2 Å². The van der Waals surface area contributed by atoms with E-state index in [1.807, 2.05) is 13.0 Å². The molecule has 2 aliphatic rings. The van der Waals surface area contributed by atoms with E-state index in [1.165, 1.54) is 11.3 Å². The number of carbonyl (C=O) groups excluding carboxylic acids is 2. The SMILES string of the molecule is Cc1c(C(=O)NC2CC2)sc2ncc(C(=O)NC3CC3)cc12. The van der Waals surface area contributed by atoms with E-state index < -0.39 is 0 Å². The van der Waals surface area contributed by atoms with Crippen LogP contribution in [0.15, 0.2) is 12.3 Å². The minimum absolute atomic E-state index is 0.0213. The molecule has 2 fully saturated rings. The number of pyridine rings is 1. The van der Waals surface area contributed by atoms with Crippen LogP contribution >= 0.6 is 11.3 Å². The van der Waals surface area contributed by atoms with Crippen molar-refractivity contribution in [3.63, 3.8) is 0 Å². The maximum Gasteiger partial charge on any atom is 0.261 e. The molecule has 2 aromatic heterocycles. The summed E-state index contributed by atoms with van der Waals surface area (Å²) in [5, 5.41) is 6.87.